The second kappa shape index (κ2) is 12.7. The molecule has 1 aromatic heterocycles. The van der Waals surface area contributed by atoms with E-state index in [-0.39, 0.29) is 5.97 Å². The van der Waals surface area contributed by atoms with E-state index in [1.165, 1.54) is 0 Å². The van der Waals surface area contributed by atoms with E-state index in [4.69, 9.17) is 14.6 Å². The average molecular weight is 473 g/mol. The van der Waals surface area contributed by atoms with Crippen molar-refractivity contribution in [2.75, 3.05) is 24.3 Å². The molecule has 3 rings (SSSR count). The van der Waals surface area contributed by atoms with Gasteiger partial charge < -0.3 is 14.8 Å². The Balaban J connectivity index is 1.96. The minimum absolute atomic E-state index is 0.322. The van der Waals surface area contributed by atoms with E-state index in [2.05, 4.69) is 31.1 Å². The van der Waals surface area contributed by atoms with Crippen LogP contribution < -0.4 is 10.1 Å². The third-order valence-corrected chi connectivity index (χ3v) is 6.38. The maximum absolute atomic E-state index is 13.2. The molecule has 8 heteroatoms. The van der Waals surface area contributed by atoms with Gasteiger partial charge in [0.2, 0.25) is 11.1 Å². The molecule has 33 heavy (non-hydrogen) atoms. The zero-order valence-electron chi connectivity index (χ0n) is 20.2. The number of esters is 1. The van der Waals surface area contributed by atoms with Gasteiger partial charge >= 0.3 is 5.97 Å². The Labute approximate surface area is 201 Å². The highest BCUT2D eigenvalue weighted by molar-refractivity contribution is 7.99. The van der Waals surface area contributed by atoms with Crippen LogP contribution in [-0.2, 0) is 9.53 Å². The van der Waals surface area contributed by atoms with Crippen LogP contribution in [0.25, 0.3) is 0 Å². The Morgan fingerprint density at radius 2 is 1.88 bits per heavy atom. The molecule has 180 valence electrons. The molecule has 1 atom stereocenters. The maximum Gasteiger partial charge on any atom is 0.338 e. The number of allylic oxidation sites excluding steroid dienone is 1. The average Bonchev–Trinajstić information content (AvgIpc) is 3.21. The smallest absolute Gasteiger partial charge is 0.338 e. The van der Waals surface area contributed by atoms with Crippen molar-refractivity contribution in [2.45, 2.75) is 77.4 Å². The Morgan fingerprint density at radius 3 is 2.64 bits per heavy atom. The molecule has 0 fully saturated rings. The molecule has 1 aliphatic heterocycles. The van der Waals surface area contributed by atoms with Gasteiger partial charge in [-0.1, -0.05) is 63.9 Å². The monoisotopic (exact) mass is 472 g/mol. The second-order valence-corrected chi connectivity index (χ2v) is 9.26. The van der Waals surface area contributed by atoms with Crippen LogP contribution in [0.1, 0.15) is 77.8 Å². The maximum atomic E-state index is 13.2. The molecule has 0 saturated carbocycles. The van der Waals surface area contributed by atoms with Crippen molar-refractivity contribution in [3.8, 4) is 5.75 Å². The van der Waals surface area contributed by atoms with Gasteiger partial charge in [0.1, 0.15) is 11.8 Å². The van der Waals surface area contributed by atoms with Crippen molar-refractivity contribution in [3.63, 3.8) is 0 Å². The summed E-state index contributed by atoms with van der Waals surface area (Å²) in [6.07, 6.45) is 6.11. The van der Waals surface area contributed by atoms with Crippen LogP contribution in [0.2, 0.25) is 0 Å². The number of hydrogen-bond donors (Lipinski definition) is 1. The summed E-state index contributed by atoms with van der Waals surface area (Å²) in [5.41, 5.74) is 2.21. The van der Waals surface area contributed by atoms with E-state index in [0.717, 1.165) is 61.3 Å². The van der Waals surface area contributed by atoms with Gasteiger partial charge in [-0.15, -0.1) is 5.10 Å². The van der Waals surface area contributed by atoms with Crippen LogP contribution in [0.4, 0.5) is 5.95 Å². The lowest BCUT2D eigenvalue weighted by molar-refractivity contribution is -0.139. The first-order chi connectivity index (χ1) is 16.1. The lowest BCUT2D eigenvalue weighted by Gasteiger charge is -2.28. The third-order valence-electron chi connectivity index (χ3n) is 5.45. The third kappa shape index (κ3) is 6.53. The van der Waals surface area contributed by atoms with Crippen LogP contribution in [0.15, 0.2) is 40.7 Å². The number of carbonyl (C=O) groups excluding carboxylic acids is 1. The van der Waals surface area contributed by atoms with Crippen molar-refractivity contribution in [1.82, 2.24) is 14.8 Å². The number of rotatable bonds is 13. The summed E-state index contributed by atoms with van der Waals surface area (Å²) in [5, 5.41) is 8.75. The van der Waals surface area contributed by atoms with E-state index in [1.807, 2.05) is 35.9 Å². The number of nitrogens with one attached hydrogen (secondary N) is 1. The van der Waals surface area contributed by atoms with Crippen molar-refractivity contribution in [2.24, 2.45) is 0 Å². The van der Waals surface area contributed by atoms with Crippen LogP contribution in [0.5, 0.6) is 5.75 Å². The van der Waals surface area contributed by atoms with Crippen molar-refractivity contribution in [1.29, 1.82) is 0 Å². The van der Waals surface area contributed by atoms with Gasteiger partial charge in [0.25, 0.3) is 0 Å². The number of carbonyl (C=O) groups is 1. The number of anilines is 1. The number of aromatic nitrogens is 3. The van der Waals surface area contributed by atoms with E-state index in [1.54, 1.807) is 11.8 Å². The zero-order valence-corrected chi connectivity index (χ0v) is 21.0. The van der Waals surface area contributed by atoms with E-state index in [9.17, 15) is 4.79 Å². The molecule has 0 spiro atoms. The fourth-order valence-corrected chi connectivity index (χ4v) is 4.48. The molecule has 0 bridgehead atoms. The molecule has 0 radical (unpaired) electrons. The van der Waals surface area contributed by atoms with Crippen molar-refractivity contribution in [3.05, 3.63) is 41.1 Å². The minimum Gasteiger partial charge on any atom is -0.494 e. The number of nitrogens with zero attached hydrogens (tertiary/aromatic N) is 3. The van der Waals surface area contributed by atoms with E-state index >= 15 is 0 Å². The molecule has 1 N–H and O–H groups in total. The first kappa shape index (κ1) is 25.1. The summed E-state index contributed by atoms with van der Waals surface area (Å²) in [6, 6.07) is 7.47. The summed E-state index contributed by atoms with van der Waals surface area (Å²) in [7, 11) is 0. The summed E-state index contributed by atoms with van der Waals surface area (Å²) >= 11 is 1.64. The largest absolute Gasteiger partial charge is 0.494 e. The van der Waals surface area contributed by atoms with Crippen LogP contribution in [0.3, 0.4) is 0 Å². The zero-order chi connectivity index (χ0) is 23.6. The highest BCUT2D eigenvalue weighted by Crippen LogP contribution is 2.37. The van der Waals surface area contributed by atoms with Gasteiger partial charge in [-0.2, -0.15) is 4.98 Å². The molecule has 0 aliphatic carbocycles. The van der Waals surface area contributed by atoms with Gasteiger partial charge in [0.15, 0.2) is 0 Å². The standard InChI is InChI=1S/C25H36N4O3S/c1-5-8-14-31-20-13-11-12-19(17-20)22-21(23(30)32-15-9-6-2)18(4)26-24-27-25(28-29(22)24)33-16-10-7-3/h11-13,17,22H,5-10,14-16H2,1-4H3,(H,26,27,28). The number of hydrogen-bond acceptors (Lipinski definition) is 7. The predicted molar refractivity (Wildman–Crippen MR) is 133 cm³/mol. The second-order valence-electron chi connectivity index (χ2n) is 8.19. The Morgan fingerprint density at radius 1 is 1.12 bits per heavy atom. The Bertz CT molecular complexity index is 957. The number of fused-ring (bicyclic) bond motifs is 1. The number of benzene rings is 1. The highest BCUT2D eigenvalue weighted by Gasteiger charge is 2.35. The molecule has 1 aliphatic rings. The summed E-state index contributed by atoms with van der Waals surface area (Å²) in [5.74, 6) is 2.06. The van der Waals surface area contributed by atoms with Gasteiger partial charge in [0, 0.05) is 11.4 Å². The fourth-order valence-electron chi connectivity index (χ4n) is 3.57. The number of thioether (sulfide) groups is 1. The van der Waals surface area contributed by atoms with Gasteiger partial charge in [-0.25, -0.2) is 9.48 Å². The summed E-state index contributed by atoms with van der Waals surface area (Å²) < 4.78 is 13.4. The molecule has 0 saturated heterocycles. The molecule has 1 unspecified atom stereocenters. The predicted octanol–water partition coefficient (Wildman–Crippen LogP) is 5.98. The SMILES string of the molecule is CCCCOC(=O)C1=C(C)Nc2nc(SCCCC)nn2C1c1cccc(OCCCC)c1. The summed E-state index contributed by atoms with van der Waals surface area (Å²) in [4.78, 5) is 17.9. The van der Waals surface area contributed by atoms with Crippen molar-refractivity contribution < 1.29 is 14.3 Å². The van der Waals surface area contributed by atoms with Gasteiger partial charge in [-0.05, 0) is 43.9 Å². The molecule has 2 aromatic rings. The van der Waals surface area contributed by atoms with Crippen LogP contribution in [0, 0.1) is 0 Å². The summed E-state index contributed by atoms with van der Waals surface area (Å²) in [6.45, 7) is 9.35. The molecule has 2 heterocycles. The topological polar surface area (TPSA) is 78.3 Å². The number of unbranched alkanes of at least 4 members (excludes halogenated alkanes) is 3. The van der Waals surface area contributed by atoms with E-state index < -0.39 is 6.04 Å². The number of ether oxygens (including phenoxy) is 2. The van der Waals surface area contributed by atoms with Crippen LogP contribution >= 0.6 is 11.8 Å². The normalized spacial score (nSPS) is 15.2. The first-order valence-electron chi connectivity index (χ1n) is 12.1. The Kier molecular flexibility index (Phi) is 9.66. The van der Waals surface area contributed by atoms with Crippen molar-refractivity contribution >= 4 is 23.7 Å². The minimum atomic E-state index is -0.432. The highest BCUT2D eigenvalue weighted by atomic mass is 32.2. The van der Waals surface area contributed by atoms with Gasteiger partial charge in [-0.3, -0.25) is 0 Å². The molecule has 0 amide bonds. The molecular formula is C25H36N4O3S. The molecular weight excluding hydrogens is 436 g/mol. The Hall–Kier alpha value is -2.48. The lowest BCUT2D eigenvalue weighted by Crippen LogP contribution is -2.29. The molecule has 1 aromatic carbocycles. The van der Waals surface area contributed by atoms with Gasteiger partial charge in [0.05, 0.1) is 18.8 Å². The fraction of sp³-hybridized carbons (Fsp3) is 0.560. The lowest BCUT2D eigenvalue weighted by atomic mass is 9.95. The first-order valence-corrected chi connectivity index (χ1v) is 13.0. The van der Waals surface area contributed by atoms with Crippen LogP contribution in [-0.4, -0.2) is 39.7 Å². The van der Waals surface area contributed by atoms with E-state index in [0.29, 0.717) is 29.9 Å². The molecule has 7 nitrogen and oxygen atoms in total. The quantitative estimate of drug-likeness (QED) is 0.218.